The van der Waals surface area contributed by atoms with Gasteiger partial charge in [-0.05, 0) is 32.6 Å². The van der Waals surface area contributed by atoms with Gasteiger partial charge in [-0.3, -0.25) is 0 Å². The number of hydrogen-bond donors (Lipinski definition) is 1. The van der Waals surface area contributed by atoms with Gasteiger partial charge < -0.3 is 10.5 Å². The molecule has 0 aromatic carbocycles. The highest BCUT2D eigenvalue weighted by Gasteiger charge is 2.39. The second-order valence-electron chi connectivity index (χ2n) is 4.41. The Kier molecular flexibility index (Phi) is 5.14. The first-order valence-corrected chi connectivity index (χ1v) is 6.08. The molecule has 1 rings (SSSR count). The molecule has 0 aromatic rings. The Morgan fingerprint density at radius 1 is 1.47 bits per heavy atom. The minimum atomic E-state index is -0.0383. The van der Waals surface area contributed by atoms with E-state index in [0.29, 0.717) is 0 Å². The normalized spacial score (nSPS) is 21.1. The zero-order chi connectivity index (χ0) is 11.1. The lowest BCUT2D eigenvalue weighted by Crippen LogP contribution is -2.48. The van der Waals surface area contributed by atoms with Crippen LogP contribution < -0.4 is 5.73 Å². The van der Waals surface area contributed by atoms with E-state index in [2.05, 4.69) is 5.92 Å². The van der Waals surface area contributed by atoms with Gasteiger partial charge in [0.15, 0.2) is 0 Å². The standard InChI is InChI=1S/C13H23NO/c1-3-5-6-9-12(14)13(15-4-2)10-7-8-11-13/h1,12H,4-11,14H2,2H3. The molecule has 0 aliphatic heterocycles. The van der Waals surface area contributed by atoms with Crippen LogP contribution in [0.3, 0.4) is 0 Å². The van der Waals surface area contributed by atoms with Gasteiger partial charge >= 0.3 is 0 Å². The molecular formula is C13H23NO. The first kappa shape index (κ1) is 12.5. The molecule has 1 unspecified atom stereocenters. The van der Waals surface area contributed by atoms with Crippen LogP contribution in [0.5, 0.6) is 0 Å². The topological polar surface area (TPSA) is 35.2 Å². The first-order valence-electron chi connectivity index (χ1n) is 6.08. The molecule has 1 aliphatic carbocycles. The monoisotopic (exact) mass is 209 g/mol. The second-order valence-corrected chi connectivity index (χ2v) is 4.41. The van der Waals surface area contributed by atoms with Crippen LogP contribution in [0.25, 0.3) is 0 Å². The van der Waals surface area contributed by atoms with Crippen LogP contribution in [0.1, 0.15) is 51.9 Å². The SMILES string of the molecule is C#CCCCC(N)C1(OCC)CCCC1. The van der Waals surface area contributed by atoms with E-state index in [0.717, 1.165) is 38.7 Å². The highest BCUT2D eigenvalue weighted by Crippen LogP contribution is 2.36. The molecule has 86 valence electrons. The summed E-state index contributed by atoms with van der Waals surface area (Å²) in [6.45, 7) is 2.82. The van der Waals surface area contributed by atoms with Crippen molar-refractivity contribution < 1.29 is 4.74 Å². The zero-order valence-electron chi connectivity index (χ0n) is 9.80. The maximum atomic E-state index is 6.25. The third-order valence-electron chi connectivity index (χ3n) is 3.39. The van der Waals surface area contributed by atoms with Crippen LogP contribution in [0.2, 0.25) is 0 Å². The Bertz CT molecular complexity index is 213. The Morgan fingerprint density at radius 3 is 2.67 bits per heavy atom. The largest absolute Gasteiger partial charge is 0.374 e. The van der Waals surface area contributed by atoms with E-state index < -0.39 is 0 Å². The summed E-state index contributed by atoms with van der Waals surface area (Å²) in [4.78, 5) is 0. The van der Waals surface area contributed by atoms with E-state index in [9.17, 15) is 0 Å². The first-order chi connectivity index (χ1) is 7.25. The molecule has 0 aromatic heterocycles. The van der Waals surface area contributed by atoms with Gasteiger partial charge in [-0.15, -0.1) is 12.3 Å². The van der Waals surface area contributed by atoms with Gasteiger partial charge in [0.25, 0.3) is 0 Å². The van der Waals surface area contributed by atoms with Gasteiger partial charge in [0.2, 0.25) is 0 Å². The Labute approximate surface area is 93.6 Å². The van der Waals surface area contributed by atoms with Crippen LogP contribution in [0.4, 0.5) is 0 Å². The molecule has 0 amide bonds. The van der Waals surface area contributed by atoms with Crippen LogP contribution >= 0.6 is 0 Å². The van der Waals surface area contributed by atoms with E-state index in [-0.39, 0.29) is 11.6 Å². The van der Waals surface area contributed by atoms with E-state index >= 15 is 0 Å². The fourth-order valence-electron chi connectivity index (χ4n) is 2.57. The molecular weight excluding hydrogens is 186 g/mol. The average molecular weight is 209 g/mol. The molecule has 0 heterocycles. The summed E-state index contributed by atoms with van der Waals surface area (Å²) in [5.41, 5.74) is 6.21. The second kappa shape index (κ2) is 6.15. The van der Waals surface area contributed by atoms with Crippen LogP contribution in [0, 0.1) is 12.3 Å². The van der Waals surface area contributed by atoms with E-state index in [1.54, 1.807) is 0 Å². The molecule has 2 N–H and O–H groups in total. The summed E-state index contributed by atoms with van der Waals surface area (Å²) in [7, 11) is 0. The van der Waals surface area contributed by atoms with Crippen molar-refractivity contribution in [3.05, 3.63) is 0 Å². The van der Waals surface area contributed by atoms with Crippen molar-refractivity contribution in [1.82, 2.24) is 0 Å². The summed E-state index contributed by atoms with van der Waals surface area (Å²) < 4.78 is 5.91. The van der Waals surface area contributed by atoms with Gasteiger partial charge in [0, 0.05) is 19.1 Å². The number of nitrogens with two attached hydrogens (primary N) is 1. The Hall–Kier alpha value is -0.520. The fraction of sp³-hybridized carbons (Fsp3) is 0.846. The summed E-state index contributed by atoms with van der Waals surface area (Å²) in [6, 6.07) is 0.160. The summed E-state index contributed by atoms with van der Waals surface area (Å²) >= 11 is 0. The lowest BCUT2D eigenvalue weighted by molar-refractivity contribution is -0.0545. The lowest BCUT2D eigenvalue weighted by atomic mass is 9.89. The van der Waals surface area contributed by atoms with Crippen LogP contribution in [0.15, 0.2) is 0 Å². The minimum Gasteiger partial charge on any atom is -0.374 e. The molecule has 1 atom stereocenters. The van der Waals surface area contributed by atoms with Crippen molar-refractivity contribution >= 4 is 0 Å². The van der Waals surface area contributed by atoms with Gasteiger partial charge in [0.1, 0.15) is 0 Å². The molecule has 1 fully saturated rings. The van der Waals surface area contributed by atoms with Crippen molar-refractivity contribution in [3.8, 4) is 12.3 Å². The van der Waals surface area contributed by atoms with Gasteiger partial charge in [0.05, 0.1) is 5.60 Å². The summed E-state index contributed by atoms with van der Waals surface area (Å²) in [5, 5.41) is 0. The predicted molar refractivity (Wildman–Crippen MR) is 63.5 cm³/mol. The Balaban J connectivity index is 2.44. The lowest BCUT2D eigenvalue weighted by Gasteiger charge is -2.35. The van der Waals surface area contributed by atoms with Gasteiger partial charge in [-0.1, -0.05) is 12.8 Å². The average Bonchev–Trinajstić information content (AvgIpc) is 2.68. The minimum absolute atomic E-state index is 0.0383. The number of unbranched alkanes of at least 4 members (excludes halogenated alkanes) is 1. The smallest absolute Gasteiger partial charge is 0.0832 e. The molecule has 2 heteroatoms. The molecule has 15 heavy (non-hydrogen) atoms. The highest BCUT2D eigenvalue weighted by molar-refractivity contribution is 4.96. The van der Waals surface area contributed by atoms with Gasteiger partial charge in [-0.2, -0.15) is 0 Å². The van der Waals surface area contributed by atoms with Gasteiger partial charge in [-0.25, -0.2) is 0 Å². The quantitative estimate of drug-likeness (QED) is 0.539. The number of rotatable bonds is 6. The maximum Gasteiger partial charge on any atom is 0.0832 e. The molecule has 0 radical (unpaired) electrons. The van der Waals surface area contributed by atoms with E-state index in [1.165, 1.54) is 12.8 Å². The number of terminal acetylenes is 1. The molecule has 1 saturated carbocycles. The van der Waals surface area contributed by atoms with Crippen LogP contribution in [-0.2, 0) is 4.74 Å². The predicted octanol–water partition coefficient (Wildman–Crippen LogP) is 2.47. The van der Waals surface area contributed by atoms with Crippen molar-refractivity contribution in [2.75, 3.05) is 6.61 Å². The third-order valence-corrected chi connectivity index (χ3v) is 3.39. The molecule has 2 nitrogen and oxygen atoms in total. The number of ether oxygens (including phenoxy) is 1. The molecule has 0 spiro atoms. The maximum absolute atomic E-state index is 6.25. The number of hydrogen-bond acceptors (Lipinski definition) is 2. The van der Waals surface area contributed by atoms with E-state index in [4.69, 9.17) is 16.9 Å². The van der Waals surface area contributed by atoms with Crippen molar-refractivity contribution in [1.29, 1.82) is 0 Å². The molecule has 0 bridgehead atoms. The zero-order valence-corrected chi connectivity index (χ0v) is 9.80. The molecule has 0 saturated heterocycles. The van der Waals surface area contributed by atoms with Crippen LogP contribution in [-0.4, -0.2) is 18.2 Å². The Morgan fingerprint density at radius 2 is 2.13 bits per heavy atom. The summed E-state index contributed by atoms with van der Waals surface area (Å²) in [5.74, 6) is 2.66. The van der Waals surface area contributed by atoms with Crippen molar-refractivity contribution in [2.45, 2.75) is 63.5 Å². The fourth-order valence-corrected chi connectivity index (χ4v) is 2.57. The highest BCUT2D eigenvalue weighted by atomic mass is 16.5. The summed E-state index contributed by atoms with van der Waals surface area (Å²) in [6.07, 6.45) is 12.8. The third kappa shape index (κ3) is 3.22. The van der Waals surface area contributed by atoms with Crippen molar-refractivity contribution in [3.63, 3.8) is 0 Å². The van der Waals surface area contributed by atoms with E-state index in [1.807, 2.05) is 6.92 Å². The van der Waals surface area contributed by atoms with Crippen molar-refractivity contribution in [2.24, 2.45) is 5.73 Å². The molecule has 1 aliphatic rings.